The number of fused-ring (bicyclic) bond motifs is 2. The van der Waals surface area contributed by atoms with Crippen LogP contribution in [0.2, 0.25) is 5.02 Å². The highest BCUT2D eigenvalue weighted by molar-refractivity contribution is 6.35. The van der Waals surface area contributed by atoms with Gasteiger partial charge in [0.25, 0.3) is 0 Å². The molecule has 1 amide bonds. The van der Waals surface area contributed by atoms with E-state index in [1.54, 1.807) is 25.7 Å². The minimum absolute atomic E-state index is 0.0568. The Morgan fingerprint density at radius 1 is 1.15 bits per heavy atom. The Balaban J connectivity index is 1.65. The molecule has 0 bridgehead atoms. The van der Waals surface area contributed by atoms with Gasteiger partial charge in [-0.05, 0) is 39.0 Å². The van der Waals surface area contributed by atoms with E-state index in [4.69, 9.17) is 25.8 Å². The number of hydrogen-bond donors (Lipinski definition) is 0. The fraction of sp³-hybridized carbons (Fsp3) is 0.458. The lowest BCUT2D eigenvalue weighted by Gasteiger charge is -2.40. The number of benzene rings is 2. The Bertz CT molecular complexity index is 1120. The number of amides is 1. The molecule has 1 saturated heterocycles. The lowest BCUT2D eigenvalue weighted by Crippen LogP contribution is -2.56. The number of rotatable bonds is 2. The van der Waals surface area contributed by atoms with Gasteiger partial charge < -0.3 is 19.1 Å². The van der Waals surface area contributed by atoms with Gasteiger partial charge in [-0.15, -0.1) is 0 Å². The highest BCUT2D eigenvalue weighted by Gasteiger charge is 2.36. The molecule has 2 heterocycles. The molecule has 0 N–H and O–H groups in total. The van der Waals surface area contributed by atoms with Gasteiger partial charge in [0.2, 0.25) is 0 Å². The van der Waals surface area contributed by atoms with Crippen molar-refractivity contribution in [2.75, 3.05) is 33.4 Å². The second-order valence-electron chi connectivity index (χ2n) is 9.34. The Labute approximate surface area is 201 Å². The van der Waals surface area contributed by atoms with Crippen LogP contribution in [0, 0.1) is 17.5 Å². The number of halogens is 4. The number of piperazine rings is 1. The van der Waals surface area contributed by atoms with Crippen LogP contribution in [0.15, 0.2) is 18.2 Å². The predicted octanol–water partition coefficient (Wildman–Crippen LogP) is 5.25. The summed E-state index contributed by atoms with van der Waals surface area (Å²) in [6.07, 6.45) is -0.408. The molecule has 34 heavy (non-hydrogen) atoms. The molecule has 2 aromatic carbocycles. The number of methoxy groups -OCH3 is 1. The largest absolute Gasteiger partial charge is 0.496 e. The monoisotopic (exact) mass is 498 g/mol. The molecule has 0 aromatic heterocycles. The predicted molar refractivity (Wildman–Crippen MR) is 121 cm³/mol. The van der Waals surface area contributed by atoms with E-state index in [2.05, 4.69) is 4.90 Å². The molecular weight excluding hydrogens is 473 g/mol. The smallest absolute Gasteiger partial charge is 0.410 e. The summed E-state index contributed by atoms with van der Waals surface area (Å²) >= 11 is 6.53. The normalized spacial score (nSPS) is 18.5. The summed E-state index contributed by atoms with van der Waals surface area (Å²) in [5, 5.41) is -0.165. The summed E-state index contributed by atoms with van der Waals surface area (Å²) in [4.78, 5) is 16.2. The lowest BCUT2D eigenvalue weighted by atomic mass is 9.99. The molecule has 2 aromatic rings. The molecule has 2 aliphatic heterocycles. The van der Waals surface area contributed by atoms with Gasteiger partial charge in [0.05, 0.1) is 23.7 Å². The molecule has 0 unspecified atom stereocenters. The zero-order chi connectivity index (χ0) is 24.8. The van der Waals surface area contributed by atoms with Crippen LogP contribution >= 0.6 is 11.6 Å². The first kappa shape index (κ1) is 24.5. The molecule has 4 rings (SSSR count). The number of carbonyl (C=O) groups is 1. The van der Waals surface area contributed by atoms with Crippen molar-refractivity contribution in [3.8, 4) is 22.6 Å². The van der Waals surface area contributed by atoms with Crippen LogP contribution in [0.5, 0.6) is 11.5 Å². The molecule has 1 atom stereocenters. The summed E-state index contributed by atoms with van der Waals surface area (Å²) in [6.45, 7) is 7.23. The van der Waals surface area contributed by atoms with Crippen LogP contribution in [0.3, 0.4) is 0 Å². The van der Waals surface area contributed by atoms with Gasteiger partial charge in [-0.3, -0.25) is 4.90 Å². The summed E-state index contributed by atoms with van der Waals surface area (Å²) in [5.74, 6) is -3.10. The Morgan fingerprint density at radius 3 is 2.56 bits per heavy atom. The molecule has 2 aliphatic rings. The van der Waals surface area contributed by atoms with Crippen LogP contribution in [0.25, 0.3) is 11.1 Å². The second kappa shape index (κ2) is 9.19. The van der Waals surface area contributed by atoms with Crippen LogP contribution in [0.1, 0.15) is 26.3 Å². The first-order chi connectivity index (χ1) is 16.0. The molecule has 184 valence electrons. The molecule has 0 saturated carbocycles. The molecule has 10 heteroatoms. The third kappa shape index (κ3) is 4.63. The summed E-state index contributed by atoms with van der Waals surface area (Å²) in [7, 11) is 1.27. The fourth-order valence-electron chi connectivity index (χ4n) is 4.24. The summed E-state index contributed by atoms with van der Waals surface area (Å²) < 4.78 is 60.5. The average Bonchev–Trinajstić information content (AvgIpc) is 2.94. The third-order valence-corrected chi connectivity index (χ3v) is 6.19. The molecular formula is C24H26ClF3N2O4. The quantitative estimate of drug-likeness (QED) is 0.566. The Hall–Kier alpha value is -2.65. The van der Waals surface area contributed by atoms with Gasteiger partial charge in [-0.2, -0.15) is 0 Å². The van der Waals surface area contributed by atoms with Gasteiger partial charge in [-0.1, -0.05) is 11.6 Å². The van der Waals surface area contributed by atoms with Crippen molar-refractivity contribution in [2.24, 2.45) is 0 Å². The van der Waals surface area contributed by atoms with Gasteiger partial charge in [0.1, 0.15) is 29.5 Å². The summed E-state index contributed by atoms with van der Waals surface area (Å²) in [6, 6.07) is 3.15. The van der Waals surface area contributed by atoms with Crippen molar-refractivity contribution in [3.05, 3.63) is 46.2 Å². The minimum atomic E-state index is -1.26. The SMILES string of the molecule is COc1ccc(F)c(F)c1-c1c(F)cc2c(c1Cl)OC[C@H]1CN(C(=O)OC(C)(C)C)CCN1C2. The molecule has 0 spiro atoms. The topological polar surface area (TPSA) is 51.2 Å². The van der Waals surface area contributed by atoms with Gasteiger partial charge in [-0.25, -0.2) is 18.0 Å². The number of nitrogens with zero attached hydrogens (tertiary/aromatic N) is 2. The van der Waals surface area contributed by atoms with Crippen LogP contribution in [-0.4, -0.2) is 60.9 Å². The second-order valence-corrected chi connectivity index (χ2v) is 9.71. The third-order valence-electron chi connectivity index (χ3n) is 5.83. The first-order valence-electron chi connectivity index (χ1n) is 10.9. The first-order valence-corrected chi connectivity index (χ1v) is 11.3. The van der Waals surface area contributed by atoms with E-state index in [0.717, 1.165) is 6.07 Å². The zero-order valence-corrected chi connectivity index (χ0v) is 20.1. The average molecular weight is 499 g/mol. The van der Waals surface area contributed by atoms with Crippen LogP contribution < -0.4 is 9.47 Å². The van der Waals surface area contributed by atoms with Crippen molar-refractivity contribution in [1.82, 2.24) is 9.80 Å². The Kier molecular flexibility index (Phi) is 6.61. The molecule has 6 nitrogen and oxygen atoms in total. The van der Waals surface area contributed by atoms with E-state index in [1.165, 1.54) is 19.2 Å². The van der Waals surface area contributed by atoms with E-state index >= 15 is 4.39 Å². The zero-order valence-electron chi connectivity index (χ0n) is 19.4. The highest BCUT2D eigenvalue weighted by Crippen LogP contribution is 2.46. The van der Waals surface area contributed by atoms with Gasteiger partial charge in [0, 0.05) is 37.3 Å². The van der Waals surface area contributed by atoms with Crippen molar-refractivity contribution in [2.45, 2.75) is 39.0 Å². The number of hydrogen-bond acceptors (Lipinski definition) is 5. The van der Waals surface area contributed by atoms with Gasteiger partial charge in [0.15, 0.2) is 11.6 Å². The van der Waals surface area contributed by atoms with Crippen molar-refractivity contribution in [3.63, 3.8) is 0 Å². The van der Waals surface area contributed by atoms with Crippen LogP contribution in [0.4, 0.5) is 18.0 Å². The molecule has 0 aliphatic carbocycles. The van der Waals surface area contributed by atoms with E-state index in [-0.39, 0.29) is 34.7 Å². The maximum atomic E-state index is 15.3. The number of carbonyl (C=O) groups excluding carboxylic acids is 1. The lowest BCUT2D eigenvalue weighted by molar-refractivity contribution is -0.00154. The maximum Gasteiger partial charge on any atom is 0.410 e. The highest BCUT2D eigenvalue weighted by atomic mass is 35.5. The van der Waals surface area contributed by atoms with Crippen LogP contribution in [-0.2, 0) is 11.3 Å². The van der Waals surface area contributed by atoms with Crippen molar-refractivity contribution < 1.29 is 32.2 Å². The van der Waals surface area contributed by atoms with Crippen molar-refractivity contribution in [1.29, 1.82) is 0 Å². The van der Waals surface area contributed by atoms with E-state index < -0.39 is 34.7 Å². The Morgan fingerprint density at radius 2 is 1.88 bits per heavy atom. The van der Waals surface area contributed by atoms with Gasteiger partial charge >= 0.3 is 6.09 Å². The van der Waals surface area contributed by atoms with Crippen molar-refractivity contribution >= 4 is 17.7 Å². The number of ether oxygens (including phenoxy) is 3. The fourth-order valence-corrected chi connectivity index (χ4v) is 4.60. The standard InChI is InChI=1S/C24H26ClF3N2O4/c1-24(2,3)34-23(31)30-8-7-29-10-13-9-16(27)18(20(25)22(13)33-12-14(29)11-30)19-17(32-4)6-5-15(26)21(19)28/h5-6,9,14H,7-8,10-12H2,1-4H3/t14-/m1/s1. The van der Waals surface area contributed by atoms with E-state index in [0.29, 0.717) is 31.7 Å². The molecule has 1 fully saturated rings. The van der Waals surface area contributed by atoms with E-state index in [9.17, 15) is 13.6 Å². The minimum Gasteiger partial charge on any atom is -0.496 e. The maximum absolute atomic E-state index is 15.3. The summed E-state index contributed by atoms with van der Waals surface area (Å²) in [5.41, 5.74) is -0.867. The van der Waals surface area contributed by atoms with E-state index in [1.807, 2.05) is 0 Å². The molecule has 0 radical (unpaired) electrons.